The average molecular weight is 480 g/mol. The van der Waals surface area contributed by atoms with Crippen LogP contribution in [0.1, 0.15) is 107 Å². The van der Waals surface area contributed by atoms with Crippen LogP contribution >= 0.6 is 0 Å². The van der Waals surface area contributed by atoms with E-state index in [0.29, 0.717) is 41.6 Å². The summed E-state index contributed by atoms with van der Waals surface area (Å²) in [4.78, 5) is 24.3. The number of hydrogen-bond donors (Lipinski definition) is 2. The van der Waals surface area contributed by atoms with Crippen molar-refractivity contribution in [2.24, 2.45) is 23.2 Å². The Hall–Kier alpha value is -2.10. The number of aromatic hydroxyl groups is 1. The lowest BCUT2D eigenvalue weighted by atomic mass is 9.52. The molecule has 5 atom stereocenters. The number of fused-ring (bicyclic) bond motifs is 5. The minimum Gasteiger partial charge on any atom is -0.508 e. The van der Waals surface area contributed by atoms with Crippen LogP contribution in [-0.4, -0.2) is 23.8 Å². The zero-order chi connectivity index (χ0) is 25.0. The van der Waals surface area contributed by atoms with Gasteiger partial charge < -0.3 is 10.4 Å². The summed E-state index contributed by atoms with van der Waals surface area (Å²) in [6, 6.07) is 6.00. The Morgan fingerprint density at radius 1 is 1.09 bits per heavy atom. The number of Topliss-reactive ketones (excluding diaryl/α,β-unsaturated/α-hetero) is 1. The first-order valence-corrected chi connectivity index (χ1v) is 14.1. The highest BCUT2D eigenvalue weighted by atomic mass is 16.3. The Labute approximate surface area is 212 Å². The van der Waals surface area contributed by atoms with E-state index in [1.807, 2.05) is 12.1 Å². The molecule has 0 saturated heterocycles. The Balaban J connectivity index is 1.31. The van der Waals surface area contributed by atoms with Crippen LogP contribution in [0.4, 0.5) is 0 Å². The van der Waals surface area contributed by atoms with Crippen molar-refractivity contribution in [3.05, 3.63) is 41.5 Å². The van der Waals surface area contributed by atoms with Crippen molar-refractivity contribution in [3.63, 3.8) is 0 Å². The lowest BCUT2D eigenvalue weighted by Gasteiger charge is -2.51. The molecule has 192 valence electrons. The van der Waals surface area contributed by atoms with Gasteiger partial charge in [0.25, 0.3) is 0 Å². The Morgan fingerprint density at radius 2 is 1.77 bits per heavy atom. The first-order chi connectivity index (χ1) is 16.8. The molecule has 2 saturated carbocycles. The highest BCUT2D eigenvalue weighted by Crippen LogP contribution is 2.62. The van der Waals surface area contributed by atoms with Gasteiger partial charge in [-0.1, -0.05) is 64.5 Å². The lowest BCUT2D eigenvalue weighted by Crippen LogP contribution is -2.46. The van der Waals surface area contributed by atoms with Crippen LogP contribution in [0.5, 0.6) is 5.75 Å². The number of unbranched alkanes of at least 4 members (excludes halogenated alkanes) is 7. The van der Waals surface area contributed by atoms with Crippen molar-refractivity contribution in [1.82, 2.24) is 5.32 Å². The van der Waals surface area contributed by atoms with Gasteiger partial charge in [-0.3, -0.25) is 9.59 Å². The van der Waals surface area contributed by atoms with Gasteiger partial charge in [0.15, 0.2) is 5.78 Å². The number of nitrogens with one attached hydrogen (secondary N) is 1. The number of carbonyl (C=O) groups excluding carboxylic acids is 2. The number of phenols is 1. The Morgan fingerprint density at radius 3 is 2.49 bits per heavy atom. The van der Waals surface area contributed by atoms with Gasteiger partial charge >= 0.3 is 0 Å². The number of benzene rings is 1. The van der Waals surface area contributed by atoms with E-state index in [1.54, 1.807) is 7.05 Å². The van der Waals surface area contributed by atoms with Crippen LogP contribution in [0.3, 0.4) is 0 Å². The van der Waals surface area contributed by atoms with E-state index in [2.05, 4.69) is 24.9 Å². The van der Waals surface area contributed by atoms with E-state index in [9.17, 15) is 14.7 Å². The van der Waals surface area contributed by atoms with Crippen molar-refractivity contribution < 1.29 is 14.7 Å². The summed E-state index contributed by atoms with van der Waals surface area (Å²) >= 11 is 0. The van der Waals surface area contributed by atoms with Crippen LogP contribution in [-0.2, 0) is 16.0 Å². The van der Waals surface area contributed by atoms with Gasteiger partial charge in [0.2, 0.25) is 5.91 Å². The predicted octanol–water partition coefficient (Wildman–Crippen LogP) is 6.86. The molecule has 1 aromatic carbocycles. The fourth-order valence-corrected chi connectivity index (χ4v) is 7.68. The fraction of sp³-hybridized carbons (Fsp3) is 0.677. The standard InChI is InChI=1S/C31H45NO3/c1-21-18-27-29-22(12-10-8-6-4-5-7-9-11-13-28(34)32-3)19-23-20-24(33)14-15-25(23)26(29)16-17-31(27,2)30(21)35/h14-15,20,22,26-27,29,33H,1,4-13,16-19H2,2-3H3,(H,32,34)/t22-,26?,27?,29?,31+/m1/s1. The summed E-state index contributed by atoms with van der Waals surface area (Å²) in [5.41, 5.74) is 3.39. The van der Waals surface area contributed by atoms with Gasteiger partial charge in [-0.15, -0.1) is 0 Å². The summed E-state index contributed by atoms with van der Waals surface area (Å²) in [6.45, 7) is 6.37. The number of carbonyl (C=O) groups is 2. The maximum absolute atomic E-state index is 13.1. The number of allylic oxidation sites excluding steroid dienone is 1. The third kappa shape index (κ3) is 5.52. The number of hydrogen-bond acceptors (Lipinski definition) is 3. The topological polar surface area (TPSA) is 66.4 Å². The van der Waals surface area contributed by atoms with Crippen LogP contribution in [0.15, 0.2) is 30.4 Å². The molecule has 2 fully saturated rings. The number of phenolic OH excluding ortho intramolecular Hbond substituents is 1. The zero-order valence-corrected chi connectivity index (χ0v) is 21.9. The zero-order valence-electron chi connectivity index (χ0n) is 21.9. The van der Waals surface area contributed by atoms with Gasteiger partial charge in [0.05, 0.1) is 0 Å². The van der Waals surface area contributed by atoms with Crippen molar-refractivity contribution in [3.8, 4) is 5.75 Å². The molecule has 3 aliphatic rings. The average Bonchev–Trinajstić information content (AvgIpc) is 3.08. The summed E-state index contributed by atoms with van der Waals surface area (Å²) < 4.78 is 0. The summed E-state index contributed by atoms with van der Waals surface area (Å²) in [7, 11) is 1.70. The molecular weight excluding hydrogens is 434 g/mol. The molecule has 1 amide bonds. The number of ketones is 1. The van der Waals surface area contributed by atoms with Gasteiger partial charge in [-0.25, -0.2) is 0 Å². The first kappa shape index (κ1) is 26.0. The van der Waals surface area contributed by atoms with E-state index in [1.165, 1.54) is 56.1 Å². The minimum atomic E-state index is -0.220. The Bertz CT molecular complexity index is 937. The van der Waals surface area contributed by atoms with Crippen LogP contribution < -0.4 is 5.32 Å². The molecular formula is C31H45NO3. The van der Waals surface area contributed by atoms with Gasteiger partial charge in [-0.2, -0.15) is 0 Å². The predicted molar refractivity (Wildman–Crippen MR) is 141 cm³/mol. The molecule has 2 N–H and O–H groups in total. The maximum atomic E-state index is 13.1. The molecule has 4 rings (SSSR count). The molecule has 3 aliphatic carbocycles. The van der Waals surface area contributed by atoms with Crippen LogP contribution in [0.2, 0.25) is 0 Å². The van der Waals surface area contributed by atoms with Crippen molar-refractivity contribution in [2.75, 3.05) is 7.05 Å². The third-order valence-electron chi connectivity index (χ3n) is 9.59. The number of rotatable bonds is 11. The smallest absolute Gasteiger partial charge is 0.219 e. The van der Waals surface area contributed by atoms with Crippen molar-refractivity contribution in [1.29, 1.82) is 0 Å². The molecule has 3 unspecified atom stereocenters. The highest BCUT2D eigenvalue weighted by molar-refractivity contribution is 6.02. The second-order valence-electron chi connectivity index (χ2n) is 11.8. The van der Waals surface area contributed by atoms with Gasteiger partial charge in [0.1, 0.15) is 5.75 Å². The van der Waals surface area contributed by atoms with E-state index >= 15 is 0 Å². The minimum absolute atomic E-state index is 0.150. The molecule has 0 aliphatic heterocycles. The lowest BCUT2D eigenvalue weighted by molar-refractivity contribution is -0.128. The monoisotopic (exact) mass is 479 g/mol. The van der Waals surface area contributed by atoms with Crippen molar-refractivity contribution in [2.45, 2.75) is 103 Å². The summed E-state index contributed by atoms with van der Waals surface area (Å²) in [5.74, 6) is 2.92. The normalized spacial score (nSPS) is 29.4. The van der Waals surface area contributed by atoms with E-state index in [4.69, 9.17) is 0 Å². The first-order valence-electron chi connectivity index (χ1n) is 14.1. The van der Waals surface area contributed by atoms with Gasteiger partial charge in [-0.05, 0) is 91.0 Å². The van der Waals surface area contributed by atoms with Crippen LogP contribution in [0, 0.1) is 23.2 Å². The molecule has 35 heavy (non-hydrogen) atoms. The quantitative estimate of drug-likeness (QED) is 0.269. The molecule has 4 nitrogen and oxygen atoms in total. The molecule has 0 heterocycles. The molecule has 0 radical (unpaired) electrons. The SMILES string of the molecule is C=C1CC2C3C(CC[C@]2(C)C1=O)c1ccc(O)cc1C[C@H]3CCCCCCCCCCC(=O)NC. The second-order valence-corrected chi connectivity index (χ2v) is 11.8. The number of amides is 1. The third-order valence-corrected chi connectivity index (χ3v) is 9.59. The second kappa shape index (κ2) is 11.3. The highest BCUT2D eigenvalue weighted by Gasteiger charge is 2.57. The van der Waals surface area contributed by atoms with Gasteiger partial charge in [0, 0.05) is 18.9 Å². The Kier molecular flexibility index (Phi) is 8.39. The fourth-order valence-electron chi connectivity index (χ4n) is 7.68. The molecule has 0 bridgehead atoms. The summed E-state index contributed by atoms with van der Waals surface area (Å²) in [6.07, 6.45) is 15.5. The molecule has 0 spiro atoms. The van der Waals surface area contributed by atoms with Crippen molar-refractivity contribution >= 4 is 11.7 Å². The van der Waals surface area contributed by atoms with Crippen LogP contribution in [0.25, 0.3) is 0 Å². The molecule has 1 aromatic rings. The van der Waals surface area contributed by atoms with E-state index < -0.39 is 0 Å². The maximum Gasteiger partial charge on any atom is 0.219 e. The van der Waals surface area contributed by atoms with E-state index in [-0.39, 0.29) is 11.3 Å². The molecule has 4 heteroatoms. The van der Waals surface area contributed by atoms with E-state index in [0.717, 1.165) is 44.1 Å². The summed E-state index contributed by atoms with van der Waals surface area (Å²) in [5, 5.41) is 12.8. The largest absolute Gasteiger partial charge is 0.508 e. The molecule has 0 aromatic heterocycles.